The summed E-state index contributed by atoms with van der Waals surface area (Å²) in [5.41, 5.74) is 0.937. The Bertz CT molecular complexity index is 761. The number of nitrogens with zero attached hydrogens (tertiary/aromatic N) is 2. The Morgan fingerprint density at radius 3 is 2.40 bits per heavy atom. The van der Waals surface area contributed by atoms with Crippen LogP contribution in [0.5, 0.6) is 0 Å². The summed E-state index contributed by atoms with van der Waals surface area (Å²) in [6.45, 7) is 16.0. The first-order chi connectivity index (χ1) is 13.9. The number of likely N-dealkylation sites (tertiary alicyclic amines) is 1. The molecule has 6 heteroatoms. The number of amides is 1. The van der Waals surface area contributed by atoms with Crippen molar-refractivity contribution >= 4 is 12.1 Å². The van der Waals surface area contributed by atoms with Crippen LogP contribution in [0.25, 0.3) is 0 Å². The summed E-state index contributed by atoms with van der Waals surface area (Å²) in [5, 5.41) is 0. The molecule has 30 heavy (non-hydrogen) atoms. The van der Waals surface area contributed by atoms with Gasteiger partial charge in [-0.3, -0.25) is 9.78 Å². The molecule has 2 atom stereocenters. The highest BCUT2D eigenvalue weighted by Crippen LogP contribution is 2.30. The van der Waals surface area contributed by atoms with Gasteiger partial charge in [0, 0.05) is 25.5 Å². The lowest BCUT2D eigenvalue weighted by molar-refractivity contribution is -0.161. The van der Waals surface area contributed by atoms with Gasteiger partial charge in [-0.15, -0.1) is 6.58 Å². The van der Waals surface area contributed by atoms with Gasteiger partial charge in [0.1, 0.15) is 11.2 Å². The Labute approximate surface area is 180 Å². The largest absolute Gasteiger partial charge is 0.460 e. The lowest BCUT2D eigenvalue weighted by Crippen LogP contribution is -2.38. The molecule has 1 aliphatic rings. The molecule has 2 rings (SSSR count). The zero-order valence-corrected chi connectivity index (χ0v) is 19.2. The zero-order valence-electron chi connectivity index (χ0n) is 19.2. The van der Waals surface area contributed by atoms with Crippen LogP contribution in [-0.4, -0.2) is 46.2 Å². The Balaban J connectivity index is 2.18. The number of carbonyl (C=O) groups is 2. The summed E-state index contributed by atoms with van der Waals surface area (Å²) in [6, 6.07) is 2.06. The molecule has 1 fully saturated rings. The lowest BCUT2D eigenvalue weighted by Gasteiger charge is -2.28. The summed E-state index contributed by atoms with van der Waals surface area (Å²) >= 11 is 0. The number of hydrogen-bond acceptors (Lipinski definition) is 5. The first kappa shape index (κ1) is 23.9. The van der Waals surface area contributed by atoms with E-state index in [1.54, 1.807) is 11.1 Å². The number of ether oxygens (including phenoxy) is 2. The van der Waals surface area contributed by atoms with Crippen molar-refractivity contribution in [2.24, 2.45) is 11.8 Å². The molecular formula is C24H36N2O4. The summed E-state index contributed by atoms with van der Waals surface area (Å²) in [4.78, 5) is 31.6. The van der Waals surface area contributed by atoms with Crippen LogP contribution in [0.3, 0.4) is 0 Å². The molecule has 0 spiro atoms. The van der Waals surface area contributed by atoms with Crippen LogP contribution in [0.15, 0.2) is 31.1 Å². The number of esters is 1. The minimum Gasteiger partial charge on any atom is -0.460 e. The average Bonchev–Trinajstić information content (AvgIpc) is 3.07. The molecule has 0 aromatic carbocycles. The Morgan fingerprint density at radius 2 is 1.80 bits per heavy atom. The maximum atomic E-state index is 13.1. The molecule has 0 radical (unpaired) electrons. The SMILES string of the molecule is C=CCc1cncc(C[C@H](C(=O)OC(C)(C)C)[C@H]2CCN(C(=O)OC(C)(C)C)C2)c1. The van der Waals surface area contributed by atoms with Crippen LogP contribution < -0.4 is 0 Å². The maximum Gasteiger partial charge on any atom is 0.410 e. The van der Waals surface area contributed by atoms with Crippen LogP contribution in [-0.2, 0) is 27.1 Å². The van der Waals surface area contributed by atoms with Crippen LogP contribution in [0.4, 0.5) is 4.79 Å². The van der Waals surface area contributed by atoms with E-state index in [-0.39, 0.29) is 23.9 Å². The van der Waals surface area contributed by atoms with Gasteiger partial charge in [-0.1, -0.05) is 12.1 Å². The van der Waals surface area contributed by atoms with Crippen molar-refractivity contribution in [1.29, 1.82) is 0 Å². The second kappa shape index (κ2) is 9.63. The standard InChI is InChI=1S/C24H36N2O4/c1-8-9-17-12-18(15-25-14-17)13-20(21(27)29-23(2,3)4)19-10-11-26(16-19)22(28)30-24(5,6)7/h8,12,14-15,19-20H,1,9-11,13,16H2,2-7H3/t19-,20-/m0/s1. The summed E-state index contributed by atoms with van der Waals surface area (Å²) < 4.78 is 11.2. The van der Waals surface area contributed by atoms with Crippen LogP contribution >= 0.6 is 0 Å². The van der Waals surface area contributed by atoms with Crippen LogP contribution in [0.1, 0.15) is 59.1 Å². The third-order valence-electron chi connectivity index (χ3n) is 4.84. The topological polar surface area (TPSA) is 68.7 Å². The van der Waals surface area contributed by atoms with Crippen LogP contribution in [0.2, 0.25) is 0 Å². The van der Waals surface area contributed by atoms with Gasteiger partial charge < -0.3 is 14.4 Å². The summed E-state index contributed by atoms with van der Waals surface area (Å²) in [6.07, 6.45) is 7.11. The van der Waals surface area contributed by atoms with Crippen LogP contribution in [0, 0.1) is 11.8 Å². The number of pyridine rings is 1. The third-order valence-corrected chi connectivity index (χ3v) is 4.84. The summed E-state index contributed by atoms with van der Waals surface area (Å²) in [7, 11) is 0. The fourth-order valence-electron chi connectivity index (χ4n) is 3.61. The van der Waals surface area contributed by atoms with E-state index in [0.29, 0.717) is 19.5 Å². The van der Waals surface area contributed by atoms with Crippen molar-refractivity contribution in [3.8, 4) is 0 Å². The molecule has 0 bridgehead atoms. The van der Waals surface area contributed by atoms with E-state index in [4.69, 9.17) is 9.47 Å². The molecule has 1 aromatic heterocycles. The maximum absolute atomic E-state index is 13.1. The van der Waals surface area contributed by atoms with Crippen molar-refractivity contribution in [2.75, 3.05) is 13.1 Å². The number of aromatic nitrogens is 1. The molecule has 2 heterocycles. The van der Waals surface area contributed by atoms with Crippen molar-refractivity contribution in [1.82, 2.24) is 9.88 Å². The fourth-order valence-corrected chi connectivity index (χ4v) is 3.61. The van der Waals surface area contributed by atoms with Gasteiger partial charge in [0.25, 0.3) is 0 Å². The number of hydrogen-bond donors (Lipinski definition) is 0. The van der Waals surface area contributed by atoms with Crippen molar-refractivity contribution in [3.63, 3.8) is 0 Å². The highest BCUT2D eigenvalue weighted by Gasteiger charge is 2.39. The third kappa shape index (κ3) is 7.47. The molecular weight excluding hydrogens is 380 g/mol. The van der Waals surface area contributed by atoms with E-state index >= 15 is 0 Å². The highest BCUT2D eigenvalue weighted by molar-refractivity contribution is 5.74. The van der Waals surface area contributed by atoms with E-state index < -0.39 is 11.2 Å². The van der Waals surface area contributed by atoms with E-state index in [2.05, 4.69) is 17.6 Å². The van der Waals surface area contributed by atoms with Crippen molar-refractivity contribution in [2.45, 2.75) is 72.0 Å². The van der Waals surface area contributed by atoms with Gasteiger partial charge in [-0.05, 0) is 77.8 Å². The molecule has 166 valence electrons. The Morgan fingerprint density at radius 1 is 1.17 bits per heavy atom. The molecule has 0 unspecified atom stereocenters. The smallest absolute Gasteiger partial charge is 0.410 e. The molecule has 0 aliphatic carbocycles. The summed E-state index contributed by atoms with van der Waals surface area (Å²) in [5.74, 6) is -0.569. The first-order valence-corrected chi connectivity index (χ1v) is 10.6. The monoisotopic (exact) mass is 416 g/mol. The molecule has 1 aliphatic heterocycles. The van der Waals surface area contributed by atoms with Gasteiger partial charge in [0.05, 0.1) is 5.92 Å². The predicted octanol–water partition coefficient (Wildman–Crippen LogP) is 4.57. The number of rotatable bonds is 6. The molecule has 1 amide bonds. The van der Waals surface area contributed by atoms with E-state index in [9.17, 15) is 9.59 Å². The van der Waals surface area contributed by atoms with Crippen molar-refractivity contribution < 1.29 is 19.1 Å². The zero-order chi connectivity index (χ0) is 22.5. The quantitative estimate of drug-likeness (QED) is 0.502. The number of carbonyl (C=O) groups excluding carboxylic acids is 2. The van der Waals surface area contributed by atoms with Crippen molar-refractivity contribution in [3.05, 3.63) is 42.2 Å². The second-order valence-electron chi connectivity index (χ2n) is 10.0. The molecule has 0 saturated carbocycles. The van der Waals surface area contributed by atoms with E-state index in [0.717, 1.165) is 24.0 Å². The second-order valence-corrected chi connectivity index (χ2v) is 10.0. The Kier molecular flexibility index (Phi) is 7.67. The van der Waals surface area contributed by atoms with Gasteiger partial charge in [-0.25, -0.2) is 4.79 Å². The predicted molar refractivity (Wildman–Crippen MR) is 117 cm³/mol. The van der Waals surface area contributed by atoms with E-state index in [1.165, 1.54) is 0 Å². The fraction of sp³-hybridized carbons (Fsp3) is 0.625. The molecule has 1 saturated heterocycles. The normalized spacial score (nSPS) is 18.1. The minimum atomic E-state index is -0.568. The lowest BCUT2D eigenvalue weighted by atomic mass is 9.86. The van der Waals surface area contributed by atoms with Gasteiger partial charge >= 0.3 is 12.1 Å². The van der Waals surface area contributed by atoms with Gasteiger partial charge in [-0.2, -0.15) is 0 Å². The number of allylic oxidation sites excluding steroid dienone is 1. The Hall–Kier alpha value is -2.37. The highest BCUT2D eigenvalue weighted by atomic mass is 16.6. The van der Waals surface area contributed by atoms with Gasteiger partial charge in [0.15, 0.2) is 0 Å². The molecule has 1 aromatic rings. The van der Waals surface area contributed by atoms with E-state index in [1.807, 2.05) is 53.8 Å². The first-order valence-electron chi connectivity index (χ1n) is 10.6. The molecule has 6 nitrogen and oxygen atoms in total. The van der Waals surface area contributed by atoms with Gasteiger partial charge in [0.2, 0.25) is 0 Å². The molecule has 0 N–H and O–H groups in total. The minimum absolute atomic E-state index is 0.00966. The average molecular weight is 417 g/mol.